The van der Waals surface area contributed by atoms with Crippen LogP contribution in [0, 0.1) is 0 Å². The average molecular weight is 568 g/mol. The van der Waals surface area contributed by atoms with Crippen LogP contribution in [0.2, 0.25) is 0 Å². The molecule has 1 N–H and O–H groups in total. The third kappa shape index (κ3) is 7.81. The van der Waals surface area contributed by atoms with Crippen LogP contribution in [0.1, 0.15) is 49.0 Å². The van der Waals surface area contributed by atoms with Crippen molar-refractivity contribution < 1.29 is 37.8 Å². The molecular formula is C28H33N5O8. The van der Waals surface area contributed by atoms with Crippen LogP contribution in [-0.4, -0.2) is 70.8 Å². The summed E-state index contributed by atoms with van der Waals surface area (Å²) in [6.45, 7) is 3.87. The minimum atomic E-state index is -1.03. The van der Waals surface area contributed by atoms with E-state index >= 15 is 0 Å². The Morgan fingerprint density at radius 3 is 1.49 bits per heavy atom. The summed E-state index contributed by atoms with van der Waals surface area (Å²) in [5.41, 5.74) is 2.82. The zero-order valence-corrected chi connectivity index (χ0v) is 23.7. The first kappa shape index (κ1) is 31.1. The van der Waals surface area contributed by atoms with Crippen LogP contribution < -0.4 is 0 Å². The van der Waals surface area contributed by atoms with Crippen LogP contribution in [0.5, 0.6) is 0 Å². The molecule has 0 saturated carbocycles. The number of methoxy groups -OCH3 is 2. The fourth-order valence-corrected chi connectivity index (χ4v) is 3.64. The molecule has 0 saturated heterocycles. The Morgan fingerprint density at radius 2 is 1.17 bits per heavy atom. The Morgan fingerprint density at radius 1 is 0.756 bits per heavy atom. The molecule has 4 rings (SSSR count). The Balaban J connectivity index is 0.000000228. The molecule has 2 unspecified atom stereocenters. The second-order valence-electron chi connectivity index (χ2n) is 8.54. The zero-order valence-electron chi connectivity index (χ0n) is 23.7. The Kier molecular flexibility index (Phi) is 11.2. The quantitative estimate of drug-likeness (QED) is 0.259. The highest BCUT2D eigenvalue weighted by molar-refractivity contribution is 5.81. The third-order valence-corrected chi connectivity index (χ3v) is 5.96. The number of benzene rings is 2. The first-order valence-corrected chi connectivity index (χ1v) is 12.7. The van der Waals surface area contributed by atoms with Crippen molar-refractivity contribution >= 4 is 11.9 Å². The number of carboxylic acid groups (broad SMARTS) is 1. The molecule has 0 spiro atoms. The van der Waals surface area contributed by atoms with E-state index in [1.54, 1.807) is 36.4 Å². The topological polar surface area (TPSA) is 163 Å². The minimum absolute atomic E-state index is 0.288. The smallest absolute Gasteiger partial charge is 0.337 e. The summed E-state index contributed by atoms with van der Waals surface area (Å²) in [6.07, 6.45) is -0.333. The van der Waals surface area contributed by atoms with Gasteiger partial charge in [0.1, 0.15) is 0 Å². The lowest BCUT2D eigenvalue weighted by Crippen LogP contribution is -2.31. The molecule has 0 bridgehead atoms. The molecule has 0 radical (unpaired) electrons. The predicted molar refractivity (Wildman–Crippen MR) is 145 cm³/mol. The van der Waals surface area contributed by atoms with Crippen molar-refractivity contribution in [1.29, 1.82) is 0 Å². The number of hydrogen-bond acceptors (Lipinski definition) is 11. The van der Waals surface area contributed by atoms with E-state index in [9.17, 15) is 9.59 Å². The van der Waals surface area contributed by atoms with E-state index in [1.807, 2.05) is 26.0 Å². The Hall–Kier alpha value is -4.46. The highest BCUT2D eigenvalue weighted by Crippen LogP contribution is 2.25. The van der Waals surface area contributed by atoms with Crippen molar-refractivity contribution in [2.45, 2.75) is 38.9 Å². The van der Waals surface area contributed by atoms with Gasteiger partial charge in [0, 0.05) is 45.2 Å². The lowest BCUT2D eigenvalue weighted by molar-refractivity contribution is -0.179. The monoisotopic (exact) mass is 567 g/mol. The number of aromatic nitrogens is 4. The molecule has 13 heteroatoms. The summed E-state index contributed by atoms with van der Waals surface area (Å²) in [7, 11) is 5.80. The molecular weight excluding hydrogens is 534 g/mol. The van der Waals surface area contributed by atoms with Gasteiger partial charge in [0.15, 0.2) is 12.2 Å². The van der Waals surface area contributed by atoms with Gasteiger partial charge in [-0.2, -0.15) is 0 Å². The molecule has 41 heavy (non-hydrogen) atoms. The number of carbonyl (C=O) groups is 2. The van der Waals surface area contributed by atoms with E-state index in [4.69, 9.17) is 28.3 Å². The van der Waals surface area contributed by atoms with E-state index in [0.29, 0.717) is 42.0 Å². The van der Waals surface area contributed by atoms with Crippen LogP contribution >= 0.6 is 0 Å². The molecule has 2 aromatic carbocycles. The van der Waals surface area contributed by atoms with Gasteiger partial charge in [-0.15, -0.1) is 20.4 Å². The highest BCUT2D eigenvalue weighted by atomic mass is 16.7. The van der Waals surface area contributed by atoms with Crippen LogP contribution in [-0.2, 0) is 36.7 Å². The Bertz CT molecular complexity index is 1400. The van der Waals surface area contributed by atoms with Crippen LogP contribution in [0.25, 0.3) is 22.9 Å². The number of hydrogen-bond donors (Lipinski definition) is 1. The van der Waals surface area contributed by atoms with Gasteiger partial charge in [0.2, 0.25) is 23.6 Å². The van der Waals surface area contributed by atoms with E-state index in [2.05, 4.69) is 20.4 Å². The second kappa shape index (κ2) is 14.8. The lowest BCUT2D eigenvalue weighted by atomic mass is 10.1. The van der Waals surface area contributed by atoms with Crippen LogP contribution in [0.3, 0.4) is 0 Å². The van der Waals surface area contributed by atoms with E-state index < -0.39 is 18.2 Å². The molecule has 0 aliphatic carbocycles. The van der Waals surface area contributed by atoms with Crippen molar-refractivity contribution in [3.63, 3.8) is 0 Å². The minimum Gasteiger partial charge on any atom is -0.479 e. The van der Waals surface area contributed by atoms with Gasteiger partial charge in [-0.25, -0.2) is 9.86 Å². The number of carboxylic acids is 1. The normalized spacial score (nSPS) is 12.2. The highest BCUT2D eigenvalue weighted by Gasteiger charge is 2.24. The summed E-state index contributed by atoms with van der Waals surface area (Å²) in [4.78, 5) is 28.0. The number of likely N-dealkylation sites (N-methyl/N-ethyl adjacent to an activating group) is 1. The fourth-order valence-electron chi connectivity index (χ4n) is 3.64. The van der Waals surface area contributed by atoms with Crippen LogP contribution in [0.4, 0.5) is 0 Å². The van der Waals surface area contributed by atoms with Gasteiger partial charge in [0.05, 0.1) is 7.11 Å². The number of nitrogens with zero attached hydrogens (tertiary/aromatic N) is 5. The summed E-state index contributed by atoms with van der Waals surface area (Å²) < 4.78 is 21.1. The number of aryl methyl sites for hydroxylation is 2. The molecule has 218 valence electrons. The number of carbonyl (C=O) groups excluding carboxylic acids is 1. The molecule has 13 nitrogen and oxygen atoms in total. The first-order chi connectivity index (χ1) is 19.8. The number of hydroxylamine groups is 2. The summed E-state index contributed by atoms with van der Waals surface area (Å²) in [6, 6.07) is 14.0. The molecule has 4 aromatic rings. The maximum atomic E-state index is 12.1. The maximum absolute atomic E-state index is 12.1. The van der Waals surface area contributed by atoms with Gasteiger partial charge >= 0.3 is 5.97 Å². The Labute approximate surface area is 237 Å². The van der Waals surface area contributed by atoms with Gasteiger partial charge in [0.25, 0.3) is 5.91 Å². The summed E-state index contributed by atoms with van der Waals surface area (Å²) >= 11 is 0. The summed E-state index contributed by atoms with van der Waals surface area (Å²) in [5, 5.41) is 25.8. The molecule has 1 amide bonds. The number of ether oxygens (including phenoxy) is 2. The SMILES string of the molecule is CCc1nnc(-c2ccc(C(OC)C(=O)N(C)OC)cc2)o1.CCc1nnc(-c2ccc(C(OC)C(=O)O)cc2)o1. The molecule has 0 aliphatic rings. The maximum Gasteiger partial charge on any atom is 0.337 e. The number of amides is 1. The van der Waals surface area contributed by atoms with Gasteiger partial charge in [-0.1, -0.05) is 38.1 Å². The van der Waals surface area contributed by atoms with E-state index in [-0.39, 0.29) is 5.91 Å². The van der Waals surface area contributed by atoms with Crippen molar-refractivity contribution in [2.75, 3.05) is 28.4 Å². The second-order valence-corrected chi connectivity index (χ2v) is 8.54. The van der Waals surface area contributed by atoms with E-state index in [1.165, 1.54) is 28.4 Å². The van der Waals surface area contributed by atoms with Gasteiger partial charge in [-0.3, -0.25) is 9.63 Å². The predicted octanol–water partition coefficient (Wildman–Crippen LogP) is 4.08. The van der Waals surface area contributed by atoms with Crippen molar-refractivity contribution in [1.82, 2.24) is 25.5 Å². The standard InChI is InChI=1S/C15H19N3O4.C13H14N2O4/c1-5-12-16-17-14(22-12)11-8-6-10(7-9-11)13(20-3)15(19)18(2)21-4;1-3-10-14-15-12(19-10)9-6-4-8(5-7-9)11(18-2)13(16)17/h6-9,13H,5H2,1-4H3;4-7,11H,3H2,1-2H3,(H,16,17). The average Bonchev–Trinajstić information content (AvgIpc) is 3.68. The lowest BCUT2D eigenvalue weighted by Gasteiger charge is -2.20. The van der Waals surface area contributed by atoms with Gasteiger partial charge in [-0.05, 0) is 35.4 Å². The van der Waals surface area contributed by atoms with Crippen molar-refractivity contribution in [3.8, 4) is 22.9 Å². The molecule has 2 heterocycles. The summed E-state index contributed by atoms with van der Waals surface area (Å²) in [5.74, 6) is 0.723. The third-order valence-electron chi connectivity index (χ3n) is 5.96. The van der Waals surface area contributed by atoms with E-state index in [0.717, 1.165) is 21.8 Å². The van der Waals surface area contributed by atoms with Gasteiger partial charge < -0.3 is 23.4 Å². The number of rotatable bonds is 11. The van der Waals surface area contributed by atoms with Crippen LogP contribution in [0.15, 0.2) is 57.4 Å². The van der Waals surface area contributed by atoms with Crippen molar-refractivity contribution in [3.05, 3.63) is 71.4 Å². The van der Waals surface area contributed by atoms with Crippen molar-refractivity contribution in [2.24, 2.45) is 0 Å². The molecule has 2 atom stereocenters. The fraction of sp³-hybridized carbons (Fsp3) is 0.357. The molecule has 2 aromatic heterocycles. The first-order valence-electron chi connectivity index (χ1n) is 12.7. The molecule has 0 aliphatic heterocycles. The molecule has 0 fully saturated rings. The zero-order chi connectivity index (χ0) is 29.9. The largest absolute Gasteiger partial charge is 0.479 e. The number of aliphatic carboxylic acids is 1.